The van der Waals surface area contributed by atoms with Gasteiger partial charge >= 0.3 is 5.97 Å². The molecule has 1 unspecified atom stereocenters. The molecule has 1 aromatic carbocycles. The van der Waals surface area contributed by atoms with E-state index in [9.17, 15) is 5.11 Å². The summed E-state index contributed by atoms with van der Waals surface area (Å²) in [5.41, 5.74) is 8.26. The standard InChI is InChI=1S/C64H87N9O6/c1-6-71-62-28-23-41(25-32-74)54-53(62)46-18-17-40(44-14-7-12-43(36-62)51(44)46)13-9-26-60(3,34-39-16-20-49(65)70-37-39)35-42-11-8-15-47-52(42)56(76)64(58(77)78-54)63(79-64,55(47)75)29-22-38(2)33-61(27-10-30-69-59(67-5)73-61)48-24-31-68-57-45(48)19-21-50(66-4)72-57/h7-8,11-12,15-16,20,22,24,36-37,40-41,44,46,49-51,53-54,66,68,70-72,74H,6,9-10,13-14,17-19,21,23,25-35,65H2,1-5H3,(H2,67,69,73)/b38-22+/t40-,41-,44-,46+,49?,50+,51-,53+,54-,60+,61+,62-,63-,64-/m0/s1. The van der Waals surface area contributed by atoms with Crippen LogP contribution in [0.15, 0.2) is 106 Å². The molecule has 2 saturated heterocycles. The van der Waals surface area contributed by atoms with Gasteiger partial charge in [-0.3, -0.25) is 14.6 Å². The number of rotatable bonds is 12. The molecule has 4 fully saturated rings. The third-order valence-electron chi connectivity index (χ3n) is 21.1. The van der Waals surface area contributed by atoms with Crippen molar-refractivity contribution in [1.82, 2.24) is 37.2 Å². The molecule has 15 nitrogen and oxygen atoms in total. The predicted octanol–water partition coefficient (Wildman–Crippen LogP) is 6.95. The van der Waals surface area contributed by atoms with E-state index < -0.39 is 40.1 Å². The topological polar surface area (TPSA) is 216 Å². The van der Waals surface area contributed by atoms with Crippen molar-refractivity contribution in [2.75, 3.05) is 40.3 Å². The number of ether oxygens (including phenoxy) is 2. The summed E-state index contributed by atoms with van der Waals surface area (Å²) in [6.07, 6.45) is 30.7. The first kappa shape index (κ1) is 54.3. The molecule has 7 aliphatic heterocycles. The van der Waals surface area contributed by atoms with Crippen LogP contribution in [0, 0.1) is 40.9 Å². The molecule has 0 aromatic heterocycles. The smallest absolute Gasteiger partial charge is 0.350 e. The summed E-state index contributed by atoms with van der Waals surface area (Å²) in [6.45, 7) is 8.71. The number of nitrogens with two attached hydrogens (primary N) is 1. The van der Waals surface area contributed by atoms with Crippen LogP contribution in [-0.2, 0) is 20.7 Å². The maximum Gasteiger partial charge on any atom is 0.350 e. The number of esters is 1. The molecule has 10 N–H and O–H groups in total. The van der Waals surface area contributed by atoms with E-state index in [0.717, 1.165) is 125 Å². The monoisotopic (exact) mass is 1080 g/mol. The fourth-order valence-corrected chi connectivity index (χ4v) is 17.6. The molecular formula is C64H87N9O6. The molecule has 13 rings (SSSR count). The number of epoxide rings is 1. The van der Waals surface area contributed by atoms with Gasteiger partial charge in [-0.1, -0.05) is 86.9 Å². The molecule has 1 aromatic rings. The summed E-state index contributed by atoms with van der Waals surface area (Å²) in [5.74, 6) is 1.45. The van der Waals surface area contributed by atoms with Crippen LogP contribution < -0.4 is 43.0 Å². The minimum atomic E-state index is -2.20. The molecule has 0 radical (unpaired) electrons. The molecule has 1 spiro atoms. The van der Waals surface area contributed by atoms with E-state index in [2.05, 4.69) is 99.4 Å². The van der Waals surface area contributed by atoms with Crippen LogP contribution in [-0.4, -0.2) is 110 Å². The number of dihydropyridines is 2. The van der Waals surface area contributed by atoms with Crippen molar-refractivity contribution in [2.45, 2.75) is 171 Å². The molecular weight excluding hydrogens is 991 g/mol. The molecule has 5 aliphatic carbocycles. The number of guanidine groups is 1. The number of benzene rings is 1. The van der Waals surface area contributed by atoms with Gasteiger partial charge in [0.15, 0.2) is 17.3 Å². The van der Waals surface area contributed by atoms with Crippen molar-refractivity contribution in [2.24, 2.45) is 51.6 Å². The van der Waals surface area contributed by atoms with Crippen LogP contribution in [0.4, 0.5) is 0 Å². The number of carbonyl (C=O) groups excluding carboxylic acids is 3. The number of likely N-dealkylation sites (N-methyl/N-ethyl adjacent to an activating group) is 1. The van der Waals surface area contributed by atoms with Crippen LogP contribution in [0.5, 0.6) is 0 Å². The molecule has 424 valence electrons. The molecule has 79 heavy (non-hydrogen) atoms. The van der Waals surface area contributed by atoms with E-state index in [-0.39, 0.29) is 59.9 Å². The second kappa shape index (κ2) is 21.2. The average molecular weight is 1080 g/mol. The van der Waals surface area contributed by atoms with Crippen LogP contribution in [0.3, 0.4) is 0 Å². The zero-order valence-electron chi connectivity index (χ0n) is 47.4. The fourth-order valence-electron chi connectivity index (χ4n) is 17.6. The Labute approximate surface area is 467 Å². The summed E-state index contributed by atoms with van der Waals surface area (Å²) >= 11 is 0. The van der Waals surface area contributed by atoms with Gasteiger partial charge in [-0.15, -0.1) is 0 Å². The van der Waals surface area contributed by atoms with Crippen molar-refractivity contribution in [3.63, 3.8) is 0 Å². The van der Waals surface area contributed by atoms with E-state index in [1.807, 2.05) is 31.5 Å². The fraction of sp³-hybridized carbons (Fsp3) is 0.625. The molecule has 7 heterocycles. The Morgan fingerprint density at radius 1 is 1.03 bits per heavy atom. The van der Waals surface area contributed by atoms with E-state index in [4.69, 9.17) is 15.2 Å². The van der Waals surface area contributed by atoms with E-state index >= 15 is 14.4 Å². The van der Waals surface area contributed by atoms with E-state index in [1.54, 1.807) is 13.1 Å². The lowest BCUT2D eigenvalue weighted by Crippen LogP contribution is -2.66. The number of hydrogen-bond donors (Lipinski definition) is 9. The zero-order valence-corrected chi connectivity index (χ0v) is 47.4. The number of nitrogens with one attached hydrogen (secondary N) is 7. The van der Waals surface area contributed by atoms with E-state index in [1.165, 1.54) is 16.7 Å². The van der Waals surface area contributed by atoms with Gasteiger partial charge in [0.1, 0.15) is 11.9 Å². The van der Waals surface area contributed by atoms with Crippen LogP contribution in [0.2, 0.25) is 0 Å². The largest absolute Gasteiger partial charge is 0.459 e. The van der Waals surface area contributed by atoms with Crippen LogP contribution in [0.25, 0.3) is 0 Å². The SMILES string of the molecule is CCN[C@]12C=C3C=CC[C@H]4[C@H]5CCC[C@](C)(CC6=CNC(N)C=C6)Cc6cccc7c6C(=O)[C@]6(O[C@@]6(C/C=C(\C)C[C@@]6(C8=CCNC9=C8CC[C@H](NC)N9)CCCNC(=NC)N6)C7=O)C(=O)O[C@@H]([C@H](CCO)CC1)[C@H]2[C@H](CC5)[C@@H]34. The highest BCUT2D eigenvalue weighted by molar-refractivity contribution is 6.33. The van der Waals surface area contributed by atoms with Gasteiger partial charge < -0.3 is 57.5 Å². The van der Waals surface area contributed by atoms with Crippen molar-refractivity contribution >= 4 is 23.5 Å². The number of carbonyl (C=O) groups is 3. The predicted molar refractivity (Wildman–Crippen MR) is 307 cm³/mol. The van der Waals surface area contributed by atoms with Gasteiger partial charge in [-0.2, -0.15) is 0 Å². The van der Waals surface area contributed by atoms with Crippen LogP contribution >= 0.6 is 0 Å². The zero-order chi connectivity index (χ0) is 54.9. The minimum absolute atomic E-state index is 0.0141. The van der Waals surface area contributed by atoms with Crippen molar-refractivity contribution in [3.8, 4) is 0 Å². The number of aliphatic hydroxyl groups is 1. The Morgan fingerprint density at radius 2 is 1.90 bits per heavy atom. The van der Waals surface area contributed by atoms with Gasteiger partial charge in [0.25, 0.3) is 5.60 Å². The normalized spacial score (nSPS) is 39.9. The first-order valence-electron chi connectivity index (χ1n) is 30.3. The molecule has 12 aliphatic rings. The Hall–Kier alpha value is -5.32. The number of aliphatic hydroxyl groups excluding tert-OH is 1. The Morgan fingerprint density at radius 3 is 2.70 bits per heavy atom. The Bertz CT molecular complexity index is 2880. The molecule has 0 amide bonds. The lowest BCUT2D eigenvalue weighted by atomic mass is 9.48. The molecule has 6 bridgehead atoms. The quantitative estimate of drug-likeness (QED) is 0.0449. The highest BCUT2D eigenvalue weighted by Gasteiger charge is 2.86. The lowest BCUT2D eigenvalue weighted by molar-refractivity contribution is -0.173. The number of ketones is 2. The Kier molecular flexibility index (Phi) is 14.6. The first-order chi connectivity index (χ1) is 38.2. The van der Waals surface area contributed by atoms with Gasteiger partial charge in [0.05, 0.1) is 17.9 Å². The lowest BCUT2D eigenvalue weighted by Gasteiger charge is -2.60. The molecule has 2 saturated carbocycles. The van der Waals surface area contributed by atoms with Gasteiger partial charge in [0, 0.05) is 61.9 Å². The molecule has 14 atom stereocenters. The summed E-state index contributed by atoms with van der Waals surface area (Å²) in [4.78, 5) is 53.1. The highest BCUT2D eigenvalue weighted by atomic mass is 16.7. The third-order valence-corrected chi connectivity index (χ3v) is 21.1. The number of aliphatic imine (C=N–C) groups is 1. The van der Waals surface area contributed by atoms with Gasteiger partial charge in [-0.25, -0.2) is 4.79 Å². The maximum atomic E-state index is 16.3. The Balaban J connectivity index is 0.970. The summed E-state index contributed by atoms with van der Waals surface area (Å²) < 4.78 is 14.1. The van der Waals surface area contributed by atoms with E-state index in [0.29, 0.717) is 49.1 Å². The summed E-state index contributed by atoms with van der Waals surface area (Å²) in [7, 11) is 3.79. The van der Waals surface area contributed by atoms with Crippen molar-refractivity contribution < 1.29 is 29.0 Å². The minimum Gasteiger partial charge on any atom is -0.459 e. The van der Waals surface area contributed by atoms with Crippen molar-refractivity contribution in [3.05, 3.63) is 117 Å². The highest BCUT2D eigenvalue weighted by Crippen LogP contribution is 2.63. The number of Topliss-reactive ketones (excluding diaryl/α,β-unsaturated/α-hetero) is 2. The second-order valence-electron chi connectivity index (χ2n) is 25.8. The third kappa shape index (κ3) is 9.20. The summed E-state index contributed by atoms with van der Waals surface area (Å²) in [5, 5.41) is 36.2. The number of nitrogens with zero attached hydrogens (tertiary/aromatic N) is 1. The first-order valence-corrected chi connectivity index (χ1v) is 30.3. The average Bonchev–Trinajstić information content (AvgIpc) is 2.01. The van der Waals surface area contributed by atoms with Crippen molar-refractivity contribution in [1.29, 1.82) is 0 Å². The maximum absolute atomic E-state index is 16.3. The van der Waals surface area contributed by atoms with Gasteiger partial charge in [0.2, 0.25) is 5.78 Å². The number of allylic oxidation sites excluding steroid dienone is 5. The molecule has 15 heteroatoms. The number of hydrogen-bond acceptors (Lipinski definition) is 13. The van der Waals surface area contributed by atoms with Gasteiger partial charge in [-0.05, 0) is 179 Å². The summed E-state index contributed by atoms with van der Waals surface area (Å²) in [6, 6.07) is 5.66. The van der Waals surface area contributed by atoms with Crippen LogP contribution in [0.1, 0.15) is 150 Å². The second-order valence-corrected chi connectivity index (χ2v) is 25.8. The number of fused-ring (bicyclic) bond motifs is 6.